The van der Waals surface area contributed by atoms with E-state index >= 15 is 0 Å². The molecule has 186 valence electrons. The number of nitrogen functional groups attached to an aromatic ring is 1. The highest BCUT2D eigenvalue weighted by Crippen LogP contribution is 2.40. The van der Waals surface area contributed by atoms with E-state index in [0.717, 1.165) is 23.4 Å². The van der Waals surface area contributed by atoms with Crippen molar-refractivity contribution in [1.29, 1.82) is 0 Å². The average molecular weight is 518 g/mol. The summed E-state index contributed by atoms with van der Waals surface area (Å²) in [5.41, 5.74) is 10.2. The van der Waals surface area contributed by atoms with Gasteiger partial charge in [0.2, 0.25) is 5.91 Å². The van der Waals surface area contributed by atoms with Crippen LogP contribution in [0.25, 0.3) is 0 Å². The standard InChI is InChI=1S/C25H29Cl2N5O3/c1-31(2)13-15-6-7-16(19(28)8-15)9-17-10-22(30-14-29-17)32(3)23(33)11-18-24(26)20(34-4)12-21(35-5)25(18)27/h6-8,10,12,14H,9,11,13,28H2,1-5H3. The van der Waals surface area contributed by atoms with Crippen LogP contribution >= 0.6 is 23.2 Å². The number of likely N-dealkylation sites (N-methyl/N-ethyl adjacent to an activating group) is 1. The number of anilines is 2. The third kappa shape index (κ3) is 6.33. The van der Waals surface area contributed by atoms with Gasteiger partial charge in [-0.3, -0.25) is 9.69 Å². The monoisotopic (exact) mass is 517 g/mol. The summed E-state index contributed by atoms with van der Waals surface area (Å²) in [4.78, 5) is 25.3. The number of rotatable bonds is 9. The number of aromatic nitrogens is 2. The van der Waals surface area contributed by atoms with Crippen molar-refractivity contribution in [1.82, 2.24) is 14.9 Å². The van der Waals surface area contributed by atoms with Gasteiger partial charge in [0.1, 0.15) is 23.6 Å². The molecular weight excluding hydrogens is 489 g/mol. The van der Waals surface area contributed by atoms with Crippen molar-refractivity contribution in [3.05, 3.63) is 69.1 Å². The molecule has 1 amide bonds. The zero-order valence-electron chi connectivity index (χ0n) is 20.4. The Balaban J connectivity index is 1.80. The summed E-state index contributed by atoms with van der Waals surface area (Å²) in [5.74, 6) is 0.931. The molecule has 0 aliphatic rings. The summed E-state index contributed by atoms with van der Waals surface area (Å²) in [6.45, 7) is 0.808. The molecule has 35 heavy (non-hydrogen) atoms. The molecule has 1 aromatic heterocycles. The highest BCUT2D eigenvalue weighted by molar-refractivity contribution is 6.38. The van der Waals surface area contributed by atoms with E-state index in [2.05, 4.69) is 20.9 Å². The van der Waals surface area contributed by atoms with Gasteiger partial charge in [0, 0.05) is 43.4 Å². The molecule has 3 rings (SSSR count). The molecule has 10 heteroatoms. The van der Waals surface area contributed by atoms with Crippen molar-refractivity contribution in [3.63, 3.8) is 0 Å². The van der Waals surface area contributed by atoms with E-state index in [4.69, 9.17) is 38.4 Å². The van der Waals surface area contributed by atoms with Crippen molar-refractivity contribution >= 4 is 40.6 Å². The van der Waals surface area contributed by atoms with Crippen molar-refractivity contribution in [3.8, 4) is 11.5 Å². The van der Waals surface area contributed by atoms with Gasteiger partial charge in [0.05, 0.1) is 36.4 Å². The number of amides is 1. The zero-order chi connectivity index (χ0) is 25.7. The Bertz CT molecular complexity index is 1190. The van der Waals surface area contributed by atoms with Crippen molar-refractivity contribution in [2.75, 3.05) is 46.0 Å². The largest absolute Gasteiger partial charge is 0.495 e. The Kier molecular flexibility index (Phi) is 8.77. The second-order valence-electron chi connectivity index (χ2n) is 8.33. The maximum atomic E-state index is 13.1. The summed E-state index contributed by atoms with van der Waals surface area (Å²) in [5, 5.41) is 0.522. The number of carbonyl (C=O) groups is 1. The van der Waals surface area contributed by atoms with Crippen LogP contribution in [-0.4, -0.2) is 56.1 Å². The van der Waals surface area contributed by atoms with Crippen LogP contribution in [0.3, 0.4) is 0 Å². The van der Waals surface area contributed by atoms with Crippen LogP contribution < -0.4 is 20.1 Å². The number of carbonyl (C=O) groups excluding carboxylic acids is 1. The lowest BCUT2D eigenvalue weighted by Crippen LogP contribution is -2.29. The van der Waals surface area contributed by atoms with Crippen LogP contribution in [-0.2, 0) is 24.2 Å². The van der Waals surface area contributed by atoms with Gasteiger partial charge in [-0.15, -0.1) is 0 Å². The van der Waals surface area contributed by atoms with Crippen LogP contribution in [0.5, 0.6) is 11.5 Å². The lowest BCUT2D eigenvalue weighted by Gasteiger charge is -2.19. The first-order valence-corrected chi connectivity index (χ1v) is 11.6. The van der Waals surface area contributed by atoms with Crippen LogP contribution in [0, 0.1) is 0 Å². The van der Waals surface area contributed by atoms with Gasteiger partial charge >= 0.3 is 0 Å². The first-order valence-electron chi connectivity index (χ1n) is 10.8. The minimum Gasteiger partial charge on any atom is -0.495 e. The number of hydrogen-bond donors (Lipinski definition) is 1. The molecule has 0 aliphatic carbocycles. The fraction of sp³-hybridized carbons (Fsp3) is 0.320. The molecule has 0 saturated heterocycles. The summed E-state index contributed by atoms with van der Waals surface area (Å²) < 4.78 is 10.6. The van der Waals surface area contributed by atoms with Crippen LogP contribution in [0.4, 0.5) is 11.5 Å². The number of hydrogen-bond acceptors (Lipinski definition) is 7. The maximum absolute atomic E-state index is 13.1. The number of halogens is 2. The Hall–Kier alpha value is -3.07. The zero-order valence-corrected chi connectivity index (χ0v) is 21.9. The second-order valence-corrected chi connectivity index (χ2v) is 9.09. The maximum Gasteiger partial charge on any atom is 0.232 e. The predicted molar refractivity (Wildman–Crippen MR) is 140 cm³/mol. The molecule has 0 aliphatic heterocycles. The normalized spacial score (nSPS) is 11.0. The second kappa shape index (κ2) is 11.6. The number of nitrogens with zero attached hydrogens (tertiary/aromatic N) is 4. The quantitative estimate of drug-likeness (QED) is 0.424. The summed E-state index contributed by atoms with van der Waals surface area (Å²) in [6, 6.07) is 9.38. The minimum absolute atomic E-state index is 0.0681. The number of methoxy groups -OCH3 is 2. The van der Waals surface area contributed by atoms with Gasteiger partial charge in [0.15, 0.2) is 0 Å². The fourth-order valence-corrected chi connectivity index (χ4v) is 4.25. The highest BCUT2D eigenvalue weighted by atomic mass is 35.5. The molecule has 0 saturated carbocycles. The lowest BCUT2D eigenvalue weighted by atomic mass is 10.0. The minimum atomic E-state index is -0.263. The first-order chi connectivity index (χ1) is 16.6. The molecule has 8 nitrogen and oxygen atoms in total. The molecule has 3 aromatic rings. The molecule has 0 fully saturated rings. The number of ether oxygens (including phenoxy) is 2. The van der Waals surface area contributed by atoms with Gasteiger partial charge in [0.25, 0.3) is 0 Å². The van der Waals surface area contributed by atoms with Crippen LogP contribution in [0.2, 0.25) is 10.0 Å². The van der Waals surface area contributed by atoms with Gasteiger partial charge in [-0.25, -0.2) is 9.97 Å². The predicted octanol–water partition coefficient (Wildman–Crippen LogP) is 4.24. The topological polar surface area (TPSA) is 93.8 Å². The fourth-order valence-electron chi connectivity index (χ4n) is 3.62. The van der Waals surface area contributed by atoms with E-state index in [0.29, 0.717) is 35.0 Å². The van der Waals surface area contributed by atoms with E-state index in [9.17, 15) is 4.79 Å². The highest BCUT2D eigenvalue weighted by Gasteiger charge is 2.22. The van der Waals surface area contributed by atoms with Gasteiger partial charge in [-0.1, -0.05) is 35.3 Å². The Labute approximate surface area is 215 Å². The van der Waals surface area contributed by atoms with Gasteiger partial charge in [-0.2, -0.15) is 0 Å². The van der Waals surface area contributed by atoms with E-state index in [1.165, 1.54) is 25.4 Å². The smallest absolute Gasteiger partial charge is 0.232 e. The van der Waals surface area contributed by atoms with E-state index < -0.39 is 0 Å². The summed E-state index contributed by atoms with van der Waals surface area (Å²) in [6.07, 6.45) is 1.87. The number of benzene rings is 2. The Morgan fingerprint density at radius 1 is 1.00 bits per heavy atom. The Morgan fingerprint density at radius 3 is 2.23 bits per heavy atom. The SMILES string of the molecule is COc1cc(OC)c(Cl)c(CC(=O)N(C)c2cc(Cc3ccc(CN(C)C)cc3N)ncn2)c1Cl. The number of nitrogens with two attached hydrogens (primary N) is 1. The molecule has 2 aromatic carbocycles. The molecule has 0 atom stereocenters. The third-order valence-corrected chi connectivity index (χ3v) is 6.33. The van der Waals surface area contributed by atoms with Crippen molar-refractivity contribution in [2.24, 2.45) is 0 Å². The molecule has 0 unspecified atom stereocenters. The van der Waals surface area contributed by atoms with Gasteiger partial charge < -0.3 is 20.1 Å². The van der Waals surface area contributed by atoms with Crippen molar-refractivity contribution in [2.45, 2.75) is 19.4 Å². The summed E-state index contributed by atoms with van der Waals surface area (Å²) >= 11 is 12.9. The molecule has 0 spiro atoms. The van der Waals surface area contributed by atoms with Crippen LogP contribution in [0.1, 0.15) is 22.4 Å². The lowest BCUT2D eigenvalue weighted by molar-refractivity contribution is -0.117. The first kappa shape index (κ1) is 26.5. The summed E-state index contributed by atoms with van der Waals surface area (Å²) in [7, 11) is 8.63. The van der Waals surface area contributed by atoms with E-state index in [-0.39, 0.29) is 22.4 Å². The van der Waals surface area contributed by atoms with Gasteiger partial charge in [-0.05, 0) is 31.3 Å². The molecule has 0 bridgehead atoms. The van der Waals surface area contributed by atoms with E-state index in [1.807, 2.05) is 26.2 Å². The third-order valence-electron chi connectivity index (χ3n) is 5.50. The van der Waals surface area contributed by atoms with Crippen molar-refractivity contribution < 1.29 is 14.3 Å². The Morgan fingerprint density at radius 2 is 1.66 bits per heavy atom. The van der Waals surface area contributed by atoms with Crippen LogP contribution in [0.15, 0.2) is 36.7 Å². The average Bonchev–Trinajstić information content (AvgIpc) is 2.83. The molecule has 2 N–H and O–H groups in total. The molecular formula is C25H29Cl2N5O3. The van der Waals surface area contributed by atoms with E-state index in [1.54, 1.807) is 19.2 Å². The molecule has 0 radical (unpaired) electrons. The molecule has 1 heterocycles.